The molecule has 0 aliphatic rings. The van der Waals surface area contributed by atoms with Gasteiger partial charge < -0.3 is 14.2 Å². The molecule has 0 saturated heterocycles. The monoisotopic (exact) mass is 933 g/mol. The van der Waals surface area contributed by atoms with Crippen LogP contribution >= 0.6 is 0 Å². The Morgan fingerprint density at radius 1 is 0.303 bits per heavy atom. The van der Waals surface area contributed by atoms with Crippen LogP contribution in [0.4, 0.5) is 0 Å². The van der Waals surface area contributed by atoms with Crippen LogP contribution in [0.15, 0.2) is 0 Å². The van der Waals surface area contributed by atoms with Gasteiger partial charge in [0, 0.05) is 19.3 Å². The summed E-state index contributed by atoms with van der Waals surface area (Å²) in [5, 5.41) is 0. The van der Waals surface area contributed by atoms with E-state index in [0.29, 0.717) is 19.3 Å². The van der Waals surface area contributed by atoms with E-state index in [4.69, 9.17) is 14.2 Å². The fraction of sp³-hybridized carbons (Fsp3) is 0.950. The number of carbonyl (C=O) groups excluding carboxylic acids is 3. The number of hydrogen-bond donors (Lipinski definition) is 0. The highest BCUT2D eigenvalue weighted by Gasteiger charge is 2.19. The van der Waals surface area contributed by atoms with Crippen LogP contribution in [0.3, 0.4) is 0 Å². The molecule has 0 heterocycles. The summed E-state index contributed by atoms with van der Waals surface area (Å²) < 4.78 is 16.9. The molecule has 0 fully saturated rings. The summed E-state index contributed by atoms with van der Waals surface area (Å²) in [4.78, 5) is 38.2. The van der Waals surface area contributed by atoms with Crippen molar-refractivity contribution >= 4 is 17.9 Å². The van der Waals surface area contributed by atoms with Gasteiger partial charge >= 0.3 is 17.9 Å². The molecule has 6 heteroatoms. The van der Waals surface area contributed by atoms with Crippen molar-refractivity contribution in [3.05, 3.63) is 0 Å². The van der Waals surface area contributed by atoms with E-state index >= 15 is 0 Å². The molecule has 0 radical (unpaired) electrons. The predicted octanol–water partition coefficient (Wildman–Crippen LogP) is 19.8. The minimum absolute atomic E-state index is 0.0615. The highest BCUT2D eigenvalue weighted by molar-refractivity contribution is 5.71. The standard InChI is InChI=1S/C60H116O6/c1-5-8-10-12-14-16-18-20-22-27-31-35-39-43-47-51-58(61)64-54-57(66-60(63)53-49-45-41-37-33-29-23-21-19-17-15-13-11-9-6-2)55-65-59(62)52-48-44-40-36-32-28-25-24-26-30-34-38-42-46-50-56(4)7-3/h56-57H,5-55H2,1-4H3/t56?,57-/m0/s1. The number of unbranched alkanes of at least 4 members (excludes halogenated alkanes) is 41. The van der Waals surface area contributed by atoms with Gasteiger partial charge in [0.1, 0.15) is 13.2 Å². The first-order valence-electron chi connectivity index (χ1n) is 29.9. The van der Waals surface area contributed by atoms with Gasteiger partial charge in [0.2, 0.25) is 0 Å². The van der Waals surface area contributed by atoms with Crippen LogP contribution in [-0.4, -0.2) is 37.2 Å². The highest BCUT2D eigenvalue weighted by Crippen LogP contribution is 2.19. The summed E-state index contributed by atoms with van der Waals surface area (Å²) in [6, 6.07) is 0. The van der Waals surface area contributed by atoms with E-state index in [1.807, 2.05) is 0 Å². The summed E-state index contributed by atoms with van der Waals surface area (Å²) in [6.45, 7) is 9.11. The lowest BCUT2D eigenvalue weighted by Crippen LogP contribution is -2.30. The Kier molecular flexibility index (Phi) is 53.0. The van der Waals surface area contributed by atoms with Gasteiger partial charge in [-0.15, -0.1) is 0 Å². The zero-order chi connectivity index (χ0) is 48.1. The summed E-state index contributed by atoms with van der Waals surface area (Å²) >= 11 is 0. The van der Waals surface area contributed by atoms with Crippen molar-refractivity contribution in [3.63, 3.8) is 0 Å². The second-order valence-corrected chi connectivity index (χ2v) is 20.9. The smallest absolute Gasteiger partial charge is 0.306 e. The molecule has 0 N–H and O–H groups in total. The van der Waals surface area contributed by atoms with Crippen LogP contribution in [0.1, 0.15) is 342 Å². The van der Waals surface area contributed by atoms with Crippen molar-refractivity contribution in [1.82, 2.24) is 0 Å². The van der Waals surface area contributed by atoms with Gasteiger partial charge in [-0.3, -0.25) is 14.4 Å². The maximum absolute atomic E-state index is 12.9. The first kappa shape index (κ1) is 64.4. The number of esters is 3. The van der Waals surface area contributed by atoms with Crippen molar-refractivity contribution < 1.29 is 28.6 Å². The lowest BCUT2D eigenvalue weighted by molar-refractivity contribution is -0.167. The maximum atomic E-state index is 12.9. The predicted molar refractivity (Wildman–Crippen MR) is 284 cm³/mol. The molecular weight excluding hydrogens is 817 g/mol. The minimum Gasteiger partial charge on any atom is -0.462 e. The highest BCUT2D eigenvalue weighted by atomic mass is 16.6. The quantitative estimate of drug-likeness (QED) is 0.0343. The molecule has 2 atom stereocenters. The third kappa shape index (κ3) is 51.8. The molecule has 0 aromatic rings. The fourth-order valence-corrected chi connectivity index (χ4v) is 9.25. The van der Waals surface area contributed by atoms with Crippen LogP contribution < -0.4 is 0 Å². The van der Waals surface area contributed by atoms with Gasteiger partial charge in [-0.05, 0) is 25.2 Å². The third-order valence-corrected chi connectivity index (χ3v) is 14.2. The van der Waals surface area contributed by atoms with Crippen molar-refractivity contribution in [2.45, 2.75) is 348 Å². The van der Waals surface area contributed by atoms with E-state index < -0.39 is 6.10 Å². The number of carbonyl (C=O) groups is 3. The van der Waals surface area contributed by atoms with Gasteiger partial charge in [0.15, 0.2) is 6.10 Å². The molecular formula is C60H116O6. The summed E-state index contributed by atoms with van der Waals surface area (Å²) in [5.74, 6) is 0.0638. The molecule has 0 spiro atoms. The van der Waals surface area contributed by atoms with Crippen molar-refractivity contribution in [2.75, 3.05) is 13.2 Å². The molecule has 0 aromatic heterocycles. The van der Waals surface area contributed by atoms with Crippen molar-refractivity contribution in [3.8, 4) is 0 Å². The lowest BCUT2D eigenvalue weighted by atomic mass is 9.99. The summed E-state index contributed by atoms with van der Waals surface area (Å²) in [7, 11) is 0. The van der Waals surface area contributed by atoms with E-state index in [9.17, 15) is 14.4 Å². The van der Waals surface area contributed by atoms with E-state index in [-0.39, 0.29) is 31.1 Å². The van der Waals surface area contributed by atoms with E-state index in [1.54, 1.807) is 0 Å². The second kappa shape index (κ2) is 54.4. The Morgan fingerprint density at radius 3 is 0.788 bits per heavy atom. The number of hydrogen-bond acceptors (Lipinski definition) is 6. The molecule has 1 unspecified atom stereocenters. The van der Waals surface area contributed by atoms with Crippen LogP contribution in [0, 0.1) is 5.92 Å². The van der Waals surface area contributed by atoms with Gasteiger partial charge in [-0.2, -0.15) is 0 Å². The zero-order valence-electron chi connectivity index (χ0n) is 45.2. The van der Waals surface area contributed by atoms with Gasteiger partial charge in [-0.25, -0.2) is 0 Å². The Labute approximate surface area is 412 Å². The van der Waals surface area contributed by atoms with E-state index in [1.165, 1.54) is 238 Å². The normalized spacial score (nSPS) is 12.4. The summed E-state index contributed by atoms with van der Waals surface area (Å²) in [6.07, 6.45) is 59.4. The van der Waals surface area contributed by atoms with E-state index in [2.05, 4.69) is 27.7 Å². The molecule has 0 rings (SSSR count). The molecule has 0 amide bonds. The third-order valence-electron chi connectivity index (χ3n) is 14.2. The van der Waals surface area contributed by atoms with Crippen molar-refractivity contribution in [1.29, 1.82) is 0 Å². The summed E-state index contributed by atoms with van der Waals surface area (Å²) in [5.41, 5.74) is 0. The largest absolute Gasteiger partial charge is 0.462 e. The van der Waals surface area contributed by atoms with Crippen LogP contribution in [-0.2, 0) is 28.6 Å². The lowest BCUT2D eigenvalue weighted by Gasteiger charge is -2.18. The topological polar surface area (TPSA) is 78.9 Å². The molecule has 0 aromatic carbocycles. The Hall–Kier alpha value is -1.59. The molecule has 0 bridgehead atoms. The number of rotatable bonds is 55. The average Bonchev–Trinajstić information content (AvgIpc) is 3.32. The fourth-order valence-electron chi connectivity index (χ4n) is 9.25. The average molecular weight is 934 g/mol. The Bertz CT molecular complexity index is 998. The van der Waals surface area contributed by atoms with Crippen molar-refractivity contribution in [2.24, 2.45) is 5.92 Å². The number of ether oxygens (including phenoxy) is 3. The first-order valence-corrected chi connectivity index (χ1v) is 29.9. The van der Waals surface area contributed by atoms with E-state index in [0.717, 1.165) is 63.7 Å². The maximum Gasteiger partial charge on any atom is 0.306 e. The van der Waals surface area contributed by atoms with Crippen LogP contribution in [0.5, 0.6) is 0 Å². The zero-order valence-corrected chi connectivity index (χ0v) is 45.2. The Balaban J connectivity index is 4.29. The molecule has 0 aliphatic heterocycles. The first-order chi connectivity index (χ1) is 32.4. The van der Waals surface area contributed by atoms with Gasteiger partial charge in [0.05, 0.1) is 0 Å². The minimum atomic E-state index is -0.762. The molecule has 0 aliphatic carbocycles. The van der Waals surface area contributed by atoms with Gasteiger partial charge in [0.25, 0.3) is 0 Å². The molecule has 392 valence electrons. The molecule has 66 heavy (non-hydrogen) atoms. The van der Waals surface area contributed by atoms with Crippen LogP contribution in [0.2, 0.25) is 0 Å². The second-order valence-electron chi connectivity index (χ2n) is 20.9. The van der Waals surface area contributed by atoms with Crippen LogP contribution in [0.25, 0.3) is 0 Å². The SMILES string of the molecule is CCCCCCCCCCCCCCCCCC(=O)OC[C@@H](COC(=O)CCCCCCCCCCCCCCCCC(C)CC)OC(=O)CCCCCCCCCCCCCCCCC. The Morgan fingerprint density at radius 2 is 0.530 bits per heavy atom. The molecule has 0 saturated carbocycles. The molecule has 6 nitrogen and oxygen atoms in total. The van der Waals surface area contributed by atoms with Gasteiger partial charge in [-0.1, -0.05) is 304 Å².